The lowest BCUT2D eigenvalue weighted by Gasteiger charge is -2.15. The van der Waals surface area contributed by atoms with Gasteiger partial charge in [0.25, 0.3) is 5.91 Å². The summed E-state index contributed by atoms with van der Waals surface area (Å²) in [4.78, 5) is 23.0. The smallest absolute Gasteiger partial charge is 0.250 e. The summed E-state index contributed by atoms with van der Waals surface area (Å²) in [5, 5.41) is 2.63. The molecule has 0 aromatic heterocycles. The van der Waals surface area contributed by atoms with Crippen LogP contribution in [0.1, 0.15) is 30.6 Å². The lowest BCUT2D eigenvalue weighted by Crippen LogP contribution is -2.37. The van der Waals surface area contributed by atoms with E-state index in [1.54, 1.807) is 24.3 Å². The van der Waals surface area contributed by atoms with E-state index in [0.717, 1.165) is 0 Å². The second-order valence-electron chi connectivity index (χ2n) is 4.64. The summed E-state index contributed by atoms with van der Waals surface area (Å²) in [6, 6.07) is 6.00. The minimum absolute atomic E-state index is 0.280. The van der Waals surface area contributed by atoms with E-state index in [-0.39, 0.29) is 11.5 Å². The van der Waals surface area contributed by atoms with Gasteiger partial charge in [0.15, 0.2) is 0 Å². The lowest BCUT2D eigenvalue weighted by atomic mass is 10.0. The number of nitrogens with two attached hydrogens (primary N) is 2. The van der Waals surface area contributed by atoms with Gasteiger partial charge < -0.3 is 16.8 Å². The Morgan fingerprint density at radius 3 is 2.44 bits per heavy atom. The van der Waals surface area contributed by atoms with Crippen molar-refractivity contribution in [3.63, 3.8) is 0 Å². The average molecular weight is 249 g/mol. The van der Waals surface area contributed by atoms with Gasteiger partial charge in [-0.15, -0.1) is 0 Å². The van der Waals surface area contributed by atoms with E-state index in [4.69, 9.17) is 11.5 Å². The Kier molecular flexibility index (Phi) is 4.85. The third-order valence-electron chi connectivity index (χ3n) is 2.51. The third-order valence-corrected chi connectivity index (χ3v) is 2.51. The largest absolute Gasteiger partial charge is 0.366 e. The van der Waals surface area contributed by atoms with E-state index in [0.29, 0.717) is 18.0 Å². The molecule has 0 radical (unpaired) electrons. The zero-order valence-electron chi connectivity index (χ0n) is 10.6. The summed E-state index contributed by atoms with van der Waals surface area (Å²) in [7, 11) is 0. The van der Waals surface area contributed by atoms with Crippen molar-refractivity contribution < 1.29 is 9.59 Å². The zero-order chi connectivity index (χ0) is 13.7. The number of hydrogen-bond acceptors (Lipinski definition) is 3. The number of rotatable bonds is 5. The molecule has 0 bridgehead atoms. The predicted molar refractivity (Wildman–Crippen MR) is 71.0 cm³/mol. The maximum absolute atomic E-state index is 11.8. The van der Waals surface area contributed by atoms with Gasteiger partial charge in [0.05, 0.1) is 17.3 Å². The molecule has 5 N–H and O–H groups in total. The molecule has 1 aromatic rings. The Balaban J connectivity index is 2.79. The van der Waals surface area contributed by atoms with Crippen molar-refractivity contribution in [2.24, 2.45) is 17.4 Å². The first-order valence-corrected chi connectivity index (χ1v) is 5.87. The summed E-state index contributed by atoms with van der Waals surface area (Å²) in [6.07, 6.45) is 0.588. The highest BCUT2D eigenvalue weighted by molar-refractivity contribution is 6.04. The van der Waals surface area contributed by atoms with E-state index in [1.807, 2.05) is 13.8 Å². The Morgan fingerprint density at radius 2 is 1.89 bits per heavy atom. The van der Waals surface area contributed by atoms with E-state index in [9.17, 15) is 9.59 Å². The molecule has 2 amide bonds. The molecule has 0 heterocycles. The quantitative estimate of drug-likeness (QED) is 0.728. The van der Waals surface area contributed by atoms with Gasteiger partial charge in [0.2, 0.25) is 5.91 Å². The molecule has 0 aliphatic heterocycles. The van der Waals surface area contributed by atoms with Crippen molar-refractivity contribution in [3.8, 4) is 0 Å². The first-order valence-electron chi connectivity index (χ1n) is 5.87. The minimum atomic E-state index is -0.592. The monoisotopic (exact) mass is 249 g/mol. The molecule has 1 aromatic carbocycles. The third kappa shape index (κ3) is 3.85. The van der Waals surface area contributed by atoms with Crippen molar-refractivity contribution in [1.82, 2.24) is 0 Å². The van der Waals surface area contributed by atoms with Gasteiger partial charge in [-0.3, -0.25) is 9.59 Å². The first kappa shape index (κ1) is 14.2. The number of hydrogen-bond donors (Lipinski definition) is 3. The van der Waals surface area contributed by atoms with Crippen LogP contribution in [0.5, 0.6) is 0 Å². The average Bonchev–Trinajstić information content (AvgIpc) is 2.28. The molecule has 0 spiro atoms. The summed E-state index contributed by atoms with van der Waals surface area (Å²) < 4.78 is 0. The maximum atomic E-state index is 11.8. The van der Waals surface area contributed by atoms with Gasteiger partial charge in [-0.1, -0.05) is 26.0 Å². The summed E-state index contributed by atoms with van der Waals surface area (Å²) in [5.74, 6) is -0.558. The van der Waals surface area contributed by atoms with Crippen LogP contribution in [-0.4, -0.2) is 17.9 Å². The van der Waals surface area contributed by atoms with Gasteiger partial charge >= 0.3 is 0 Å². The van der Waals surface area contributed by atoms with Crippen LogP contribution in [0.2, 0.25) is 0 Å². The van der Waals surface area contributed by atoms with Gasteiger partial charge in [-0.05, 0) is 24.5 Å². The Morgan fingerprint density at radius 1 is 1.28 bits per heavy atom. The molecule has 1 rings (SSSR count). The van der Waals surface area contributed by atoms with Crippen LogP contribution >= 0.6 is 0 Å². The highest BCUT2D eigenvalue weighted by Crippen LogP contribution is 2.15. The molecule has 5 heteroatoms. The number of anilines is 1. The molecule has 1 atom stereocenters. The normalized spacial score (nSPS) is 12.2. The first-order chi connectivity index (χ1) is 8.41. The van der Waals surface area contributed by atoms with E-state index in [2.05, 4.69) is 5.32 Å². The molecule has 0 aliphatic carbocycles. The zero-order valence-corrected chi connectivity index (χ0v) is 10.6. The molecular formula is C13H19N3O2. The minimum Gasteiger partial charge on any atom is -0.366 e. The van der Waals surface area contributed by atoms with Crippen molar-refractivity contribution in [3.05, 3.63) is 29.8 Å². The van der Waals surface area contributed by atoms with Crippen molar-refractivity contribution >= 4 is 17.5 Å². The number of carbonyl (C=O) groups is 2. The second-order valence-corrected chi connectivity index (χ2v) is 4.64. The number of para-hydroxylation sites is 1. The van der Waals surface area contributed by atoms with Gasteiger partial charge in [-0.25, -0.2) is 0 Å². The number of carbonyl (C=O) groups excluding carboxylic acids is 2. The number of amides is 2. The van der Waals surface area contributed by atoms with Crippen molar-refractivity contribution in [2.45, 2.75) is 26.3 Å². The molecule has 0 unspecified atom stereocenters. The topological polar surface area (TPSA) is 98.2 Å². The molecule has 0 fully saturated rings. The standard InChI is InChI=1S/C13H19N3O2/c1-8(2)7-10(14)13(18)16-11-6-4-3-5-9(11)12(15)17/h3-6,8,10H,7,14H2,1-2H3,(H2,15,17)(H,16,18)/t10-/m1/s1. The summed E-state index contributed by atoms with van der Waals surface area (Å²) >= 11 is 0. The lowest BCUT2D eigenvalue weighted by molar-refractivity contribution is -0.117. The molecule has 5 nitrogen and oxygen atoms in total. The SMILES string of the molecule is CC(C)C[C@@H](N)C(=O)Nc1ccccc1C(N)=O. The number of nitrogens with one attached hydrogen (secondary N) is 1. The van der Waals surface area contributed by atoms with Gasteiger partial charge in [0.1, 0.15) is 0 Å². The highest BCUT2D eigenvalue weighted by atomic mass is 16.2. The summed E-state index contributed by atoms with van der Waals surface area (Å²) in [5.41, 5.74) is 11.7. The Bertz CT molecular complexity index is 444. The van der Waals surface area contributed by atoms with Crippen molar-refractivity contribution in [1.29, 1.82) is 0 Å². The van der Waals surface area contributed by atoms with Crippen LogP contribution in [0.15, 0.2) is 24.3 Å². The van der Waals surface area contributed by atoms with Crippen LogP contribution in [0.3, 0.4) is 0 Å². The van der Waals surface area contributed by atoms with Crippen molar-refractivity contribution in [2.75, 3.05) is 5.32 Å². The molecule has 0 aliphatic rings. The molecule has 98 valence electrons. The number of benzene rings is 1. The molecule has 0 saturated heterocycles. The van der Waals surface area contributed by atoms with Crippen LogP contribution < -0.4 is 16.8 Å². The predicted octanol–water partition coefficient (Wildman–Crippen LogP) is 1.10. The Labute approximate surface area is 107 Å². The fourth-order valence-corrected chi connectivity index (χ4v) is 1.65. The van der Waals surface area contributed by atoms with Crippen LogP contribution in [0, 0.1) is 5.92 Å². The van der Waals surface area contributed by atoms with Crippen LogP contribution in [-0.2, 0) is 4.79 Å². The second kappa shape index (κ2) is 6.16. The highest BCUT2D eigenvalue weighted by Gasteiger charge is 2.17. The fraction of sp³-hybridized carbons (Fsp3) is 0.385. The van der Waals surface area contributed by atoms with Crippen LogP contribution in [0.25, 0.3) is 0 Å². The van der Waals surface area contributed by atoms with Gasteiger partial charge in [-0.2, -0.15) is 0 Å². The molecule has 18 heavy (non-hydrogen) atoms. The molecular weight excluding hydrogens is 230 g/mol. The number of primary amides is 1. The maximum Gasteiger partial charge on any atom is 0.250 e. The molecule has 0 saturated carbocycles. The van der Waals surface area contributed by atoms with E-state index in [1.165, 1.54) is 0 Å². The van der Waals surface area contributed by atoms with Gasteiger partial charge in [0, 0.05) is 0 Å². The summed E-state index contributed by atoms with van der Waals surface area (Å²) in [6.45, 7) is 3.98. The fourth-order valence-electron chi connectivity index (χ4n) is 1.65. The van der Waals surface area contributed by atoms with E-state index < -0.39 is 11.9 Å². The Hall–Kier alpha value is -1.88. The van der Waals surface area contributed by atoms with Crippen LogP contribution in [0.4, 0.5) is 5.69 Å². The van der Waals surface area contributed by atoms with E-state index >= 15 is 0 Å².